The SMILES string of the molecule is CC(C)=C=CCC(C#N)(C#N)Cc1ccccc1. The van der Waals surface area contributed by atoms with Gasteiger partial charge in [0.15, 0.2) is 5.41 Å². The van der Waals surface area contributed by atoms with E-state index in [4.69, 9.17) is 0 Å². The zero-order valence-electron chi connectivity index (χ0n) is 10.8. The smallest absolute Gasteiger partial charge is 0.151 e. The van der Waals surface area contributed by atoms with Crippen molar-refractivity contribution in [3.8, 4) is 12.1 Å². The Hall–Kier alpha value is -2.28. The molecule has 0 heterocycles. The highest BCUT2D eigenvalue weighted by Gasteiger charge is 2.29. The van der Waals surface area contributed by atoms with Gasteiger partial charge in [-0.25, -0.2) is 0 Å². The zero-order chi connectivity index (χ0) is 13.4. The molecule has 0 saturated carbocycles. The van der Waals surface area contributed by atoms with Crippen molar-refractivity contribution in [3.05, 3.63) is 53.3 Å². The summed E-state index contributed by atoms with van der Waals surface area (Å²) >= 11 is 0. The molecule has 1 aromatic carbocycles. The molecule has 0 amide bonds. The van der Waals surface area contributed by atoms with Crippen LogP contribution in [0.5, 0.6) is 0 Å². The summed E-state index contributed by atoms with van der Waals surface area (Å²) in [6.07, 6.45) is 2.63. The summed E-state index contributed by atoms with van der Waals surface area (Å²) in [4.78, 5) is 0. The van der Waals surface area contributed by atoms with Gasteiger partial charge >= 0.3 is 0 Å². The molecule has 2 nitrogen and oxygen atoms in total. The lowest BCUT2D eigenvalue weighted by atomic mass is 9.81. The molecular formula is C16H16N2. The van der Waals surface area contributed by atoms with Gasteiger partial charge in [-0.05, 0) is 31.1 Å². The summed E-state index contributed by atoms with van der Waals surface area (Å²) in [6, 6.07) is 13.9. The minimum absolute atomic E-state index is 0.403. The third kappa shape index (κ3) is 3.95. The Bertz CT molecular complexity index is 517. The molecule has 0 atom stereocenters. The van der Waals surface area contributed by atoms with Crippen LogP contribution in [0.15, 0.2) is 47.7 Å². The predicted molar refractivity (Wildman–Crippen MR) is 71.4 cm³/mol. The topological polar surface area (TPSA) is 47.6 Å². The highest BCUT2D eigenvalue weighted by atomic mass is 14.4. The van der Waals surface area contributed by atoms with Crippen molar-refractivity contribution in [2.24, 2.45) is 5.41 Å². The van der Waals surface area contributed by atoms with Crippen LogP contribution in [-0.4, -0.2) is 0 Å². The van der Waals surface area contributed by atoms with Gasteiger partial charge in [0.05, 0.1) is 12.1 Å². The molecule has 0 aliphatic heterocycles. The minimum Gasteiger partial charge on any atom is -0.197 e. The first-order valence-electron chi connectivity index (χ1n) is 5.87. The summed E-state index contributed by atoms with van der Waals surface area (Å²) in [5.74, 6) is 0. The molecule has 0 bridgehead atoms. The lowest BCUT2D eigenvalue weighted by Gasteiger charge is -2.15. The molecule has 1 rings (SSSR count). The summed E-state index contributed by atoms with van der Waals surface area (Å²) in [6.45, 7) is 3.88. The van der Waals surface area contributed by atoms with Crippen molar-refractivity contribution < 1.29 is 0 Å². The molecule has 2 heteroatoms. The number of hydrogen-bond donors (Lipinski definition) is 0. The van der Waals surface area contributed by atoms with Crippen LogP contribution in [0, 0.1) is 28.1 Å². The van der Waals surface area contributed by atoms with Crippen molar-refractivity contribution in [2.75, 3.05) is 0 Å². The van der Waals surface area contributed by atoms with Crippen LogP contribution in [0.25, 0.3) is 0 Å². The predicted octanol–water partition coefficient (Wildman–Crippen LogP) is 3.77. The lowest BCUT2D eigenvalue weighted by Crippen LogP contribution is -2.18. The van der Waals surface area contributed by atoms with Gasteiger partial charge in [-0.2, -0.15) is 10.5 Å². The molecule has 1 aromatic rings. The second kappa shape index (κ2) is 6.45. The van der Waals surface area contributed by atoms with E-state index in [0.29, 0.717) is 12.8 Å². The lowest BCUT2D eigenvalue weighted by molar-refractivity contribution is 0.526. The van der Waals surface area contributed by atoms with Crippen molar-refractivity contribution >= 4 is 0 Å². The number of nitrogens with zero attached hydrogens (tertiary/aromatic N) is 2. The maximum atomic E-state index is 9.28. The van der Waals surface area contributed by atoms with E-state index in [9.17, 15) is 10.5 Å². The van der Waals surface area contributed by atoms with Crippen LogP contribution in [0.1, 0.15) is 25.8 Å². The molecule has 0 aliphatic carbocycles. The number of allylic oxidation sites excluding steroid dienone is 1. The van der Waals surface area contributed by atoms with Gasteiger partial charge in [0.25, 0.3) is 0 Å². The minimum atomic E-state index is -0.996. The average Bonchev–Trinajstić information content (AvgIpc) is 2.38. The molecule has 18 heavy (non-hydrogen) atoms. The first kappa shape index (κ1) is 13.8. The largest absolute Gasteiger partial charge is 0.197 e. The monoisotopic (exact) mass is 236 g/mol. The Morgan fingerprint density at radius 2 is 1.78 bits per heavy atom. The molecule has 0 saturated heterocycles. The van der Waals surface area contributed by atoms with Gasteiger partial charge in [-0.1, -0.05) is 30.3 Å². The van der Waals surface area contributed by atoms with E-state index in [1.165, 1.54) is 0 Å². The molecular weight excluding hydrogens is 220 g/mol. The van der Waals surface area contributed by atoms with Crippen LogP contribution in [0.4, 0.5) is 0 Å². The molecule has 90 valence electrons. The summed E-state index contributed by atoms with van der Waals surface area (Å²) in [5.41, 5.74) is 4.10. The Morgan fingerprint density at radius 3 is 2.28 bits per heavy atom. The quantitative estimate of drug-likeness (QED) is 0.747. The second-order valence-corrected chi connectivity index (χ2v) is 4.52. The zero-order valence-corrected chi connectivity index (χ0v) is 10.8. The Kier molecular flexibility index (Phi) is 4.94. The van der Waals surface area contributed by atoms with Crippen LogP contribution in [0.3, 0.4) is 0 Å². The maximum absolute atomic E-state index is 9.28. The van der Waals surface area contributed by atoms with E-state index < -0.39 is 5.41 Å². The van der Waals surface area contributed by atoms with Gasteiger partial charge in [-0.15, -0.1) is 5.73 Å². The fourth-order valence-corrected chi connectivity index (χ4v) is 1.64. The van der Waals surface area contributed by atoms with E-state index in [2.05, 4.69) is 17.9 Å². The van der Waals surface area contributed by atoms with E-state index >= 15 is 0 Å². The van der Waals surface area contributed by atoms with Crippen LogP contribution in [-0.2, 0) is 6.42 Å². The fourth-order valence-electron chi connectivity index (χ4n) is 1.64. The molecule has 0 spiro atoms. The summed E-state index contributed by atoms with van der Waals surface area (Å²) in [7, 11) is 0. The Morgan fingerprint density at radius 1 is 1.17 bits per heavy atom. The molecule has 0 aliphatic rings. The number of rotatable bonds is 4. The highest BCUT2D eigenvalue weighted by Crippen LogP contribution is 2.26. The van der Waals surface area contributed by atoms with Crippen LogP contribution in [0.2, 0.25) is 0 Å². The van der Waals surface area contributed by atoms with E-state index in [1.54, 1.807) is 6.08 Å². The first-order valence-corrected chi connectivity index (χ1v) is 5.87. The van der Waals surface area contributed by atoms with E-state index in [0.717, 1.165) is 11.1 Å². The standard InChI is InChI=1S/C16H16N2/c1-14(2)7-6-10-16(12-17,13-18)11-15-8-4-3-5-9-15/h3-6,8-9H,10-11H2,1-2H3. The van der Waals surface area contributed by atoms with Gasteiger partial charge in [0.2, 0.25) is 0 Å². The molecule has 0 radical (unpaired) electrons. The summed E-state index contributed by atoms with van der Waals surface area (Å²) < 4.78 is 0. The normalized spacial score (nSPS) is 9.78. The third-order valence-corrected chi connectivity index (χ3v) is 2.62. The van der Waals surface area contributed by atoms with Gasteiger partial charge in [-0.3, -0.25) is 0 Å². The number of benzene rings is 1. The second-order valence-electron chi connectivity index (χ2n) is 4.52. The molecule has 0 unspecified atom stereocenters. The maximum Gasteiger partial charge on any atom is 0.151 e. The number of hydrogen-bond acceptors (Lipinski definition) is 2. The molecule has 0 fully saturated rings. The van der Waals surface area contributed by atoms with Crippen molar-refractivity contribution in [2.45, 2.75) is 26.7 Å². The third-order valence-electron chi connectivity index (χ3n) is 2.62. The van der Waals surface area contributed by atoms with Crippen molar-refractivity contribution in [1.82, 2.24) is 0 Å². The van der Waals surface area contributed by atoms with Gasteiger partial charge < -0.3 is 0 Å². The van der Waals surface area contributed by atoms with Crippen molar-refractivity contribution in [1.29, 1.82) is 10.5 Å². The van der Waals surface area contributed by atoms with Gasteiger partial charge in [0, 0.05) is 12.8 Å². The average molecular weight is 236 g/mol. The fraction of sp³-hybridized carbons (Fsp3) is 0.312. The van der Waals surface area contributed by atoms with Crippen LogP contribution >= 0.6 is 0 Å². The first-order chi connectivity index (χ1) is 8.62. The Balaban J connectivity index is 2.93. The molecule has 0 N–H and O–H groups in total. The Labute approximate surface area is 108 Å². The summed E-state index contributed by atoms with van der Waals surface area (Å²) in [5, 5.41) is 18.6. The van der Waals surface area contributed by atoms with E-state index in [-0.39, 0.29) is 0 Å². The van der Waals surface area contributed by atoms with Crippen LogP contribution < -0.4 is 0 Å². The highest BCUT2D eigenvalue weighted by molar-refractivity contribution is 5.25. The van der Waals surface area contributed by atoms with Gasteiger partial charge in [0.1, 0.15) is 0 Å². The van der Waals surface area contributed by atoms with E-state index in [1.807, 2.05) is 44.2 Å². The number of nitriles is 2. The van der Waals surface area contributed by atoms with Crippen molar-refractivity contribution in [3.63, 3.8) is 0 Å². The molecule has 0 aromatic heterocycles.